The van der Waals surface area contributed by atoms with Crippen molar-refractivity contribution in [3.8, 4) is 5.69 Å². The number of halogens is 2. The van der Waals surface area contributed by atoms with E-state index in [0.29, 0.717) is 31.8 Å². The van der Waals surface area contributed by atoms with Crippen LogP contribution in [0.3, 0.4) is 0 Å². The molecule has 1 unspecified atom stereocenters. The maximum absolute atomic E-state index is 13.3. The minimum atomic E-state index is -0.370. The highest BCUT2D eigenvalue weighted by molar-refractivity contribution is 8.00. The van der Waals surface area contributed by atoms with Crippen LogP contribution >= 0.6 is 35.0 Å². The average molecular weight is 462 g/mol. The second kappa shape index (κ2) is 9.00. The van der Waals surface area contributed by atoms with E-state index < -0.39 is 0 Å². The minimum Gasteiger partial charge on any atom is -0.342 e. The van der Waals surface area contributed by atoms with Crippen molar-refractivity contribution in [3.63, 3.8) is 0 Å². The van der Waals surface area contributed by atoms with E-state index in [4.69, 9.17) is 28.2 Å². The first-order chi connectivity index (χ1) is 14.5. The molecule has 0 saturated carbocycles. The Labute approximate surface area is 189 Å². The number of aromatic nitrogens is 2. The summed E-state index contributed by atoms with van der Waals surface area (Å²) >= 11 is 13.6. The predicted octanol–water partition coefficient (Wildman–Crippen LogP) is 5.19. The number of amides is 1. The Hall–Kier alpha value is -2.02. The number of para-hydroxylation sites is 1. The number of thioether (sulfide) groups is 1. The fourth-order valence-corrected chi connectivity index (χ4v) is 4.93. The lowest BCUT2D eigenvalue weighted by Gasteiger charge is -2.29. The first-order valence-corrected chi connectivity index (χ1v) is 11.5. The van der Waals surface area contributed by atoms with Crippen LogP contribution in [0.4, 0.5) is 0 Å². The van der Waals surface area contributed by atoms with Gasteiger partial charge in [-0.25, -0.2) is 4.98 Å². The molecule has 1 aliphatic heterocycles. The number of hydrogen-bond acceptors (Lipinski definition) is 4. The van der Waals surface area contributed by atoms with Gasteiger partial charge in [0, 0.05) is 13.1 Å². The summed E-state index contributed by atoms with van der Waals surface area (Å²) in [6, 6.07) is 12.2. The summed E-state index contributed by atoms with van der Waals surface area (Å²) in [5.74, 6) is 0.0720. The Bertz CT molecular complexity index is 1160. The molecule has 1 saturated heterocycles. The molecule has 4 rings (SSSR count). The molecule has 156 valence electrons. The van der Waals surface area contributed by atoms with Crippen LogP contribution in [0, 0.1) is 0 Å². The van der Waals surface area contributed by atoms with Crippen molar-refractivity contribution in [3.05, 3.63) is 62.9 Å². The topological polar surface area (TPSA) is 55.2 Å². The van der Waals surface area contributed by atoms with E-state index in [9.17, 15) is 9.59 Å². The van der Waals surface area contributed by atoms with Gasteiger partial charge < -0.3 is 4.90 Å². The van der Waals surface area contributed by atoms with Gasteiger partial charge in [0.15, 0.2) is 5.16 Å². The van der Waals surface area contributed by atoms with E-state index in [0.717, 1.165) is 32.4 Å². The fraction of sp³-hybridized carbons (Fsp3) is 0.318. The van der Waals surface area contributed by atoms with Gasteiger partial charge in [0.25, 0.3) is 5.56 Å². The van der Waals surface area contributed by atoms with Gasteiger partial charge in [-0.3, -0.25) is 14.2 Å². The Morgan fingerprint density at radius 2 is 1.80 bits per heavy atom. The van der Waals surface area contributed by atoms with E-state index >= 15 is 0 Å². The number of rotatable bonds is 4. The number of fused-ring (bicyclic) bond motifs is 1. The molecule has 5 nitrogen and oxygen atoms in total. The summed E-state index contributed by atoms with van der Waals surface area (Å²) in [4.78, 5) is 32.9. The highest BCUT2D eigenvalue weighted by Crippen LogP contribution is 2.29. The first kappa shape index (κ1) is 21.2. The molecule has 2 aromatic carbocycles. The molecule has 2 heterocycles. The third-order valence-corrected chi connectivity index (χ3v) is 6.98. The van der Waals surface area contributed by atoms with Crippen molar-refractivity contribution < 1.29 is 4.79 Å². The Morgan fingerprint density at radius 1 is 1.07 bits per heavy atom. The predicted molar refractivity (Wildman–Crippen MR) is 123 cm³/mol. The quantitative estimate of drug-likeness (QED) is 0.396. The maximum Gasteiger partial charge on any atom is 0.266 e. The summed E-state index contributed by atoms with van der Waals surface area (Å²) in [7, 11) is 0. The Balaban J connectivity index is 1.78. The zero-order chi connectivity index (χ0) is 21.3. The van der Waals surface area contributed by atoms with Crippen molar-refractivity contribution in [2.45, 2.75) is 36.6 Å². The monoisotopic (exact) mass is 461 g/mol. The van der Waals surface area contributed by atoms with Gasteiger partial charge in [0.1, 0.15) is 0 Å². The highest BCUT2D eigenvalue weighted by atomic mass is 35.5. The largest absolute Gasteiger partial charge is 0.342 e. The molecule has 0 radical (unpaired) electrons. The Morgan fingerprint density at radius 3 is 2.53 bits per heavy atom. The van der Waals surface area contributed by atoms with Crippen LogP contribution in [0.5, 0.6) is 0 Å². The van der Waals surface area contributed by atoms with Crippen LogP contribution in [-0.4, -0.2) is 38.7 Å². The fourth-order valence-electron chi connectivity index (χ4n) is 3.62. The third kappa shape index (κ3) is 4.22. The lowest BCUT2D eigenvalue weighted by atomic mass is 10.1. The smallest absolute Gasteiger partial charge is 0.266 e. The van der Waals surface area contributed by atoms with Crippen molar-refractivity contribution in [1.82, 2.24) is 14.5 Å². The van der Waals surface area contributed by atoms with Crippen molar-refractivity contribution >= 4 is 51.8 Å². The van der Waals surface area contributed by atoms with Crippen LogP contribution in [0.2, 0.25) is 10.0 Å². The van der Waals surface area contributed by atoms with Gasteiger partial charge in [-0.2, -0.15) is 0 Å². The second-order valence-electron chi connectivity index (χ2n) is 7.30. The van der Waals surface area contributed by atoms with Gasteiger partial charge in [-0.15, -0.1) is 0 Å². The van der Waals surface area contributed by atoms with E-state index in [1.54, 1.807) is 36.4 Å². The van der Waals surface area contributed by atoms with Crippen LogP contribution in [0.1, 0.15) is 26.2 Å². The number of likely N-dealkylation sites (tertiary alicyclic amines) is 1. The van der Waals surface area contributed by atoms with Crippen LogP contribution in [0.25, 0.3) is 16.6 Å². The zero-order valence-electron chi connectivity index (χ0n) is 16.5. The normalized spacial score (nSPS) is 15.4. The molecule has 0 N–H and O–H groups in total. The maximum atomic E-state index is 13.3. The summed E-state index contributed by atoms with van der Waals surface area (Å²) < 4.78 is 1.51. The molecule has 0 bridgehead atoms. The third-order valence-electron chi connectivity index (χ3n) is 5.20. The van der Waals surface area contributed by atoms with E-state index in [2.05, 4.69) is 0 Å². The summed E-state index contributed by atoms with van der Waals surface area (Å²) in [5, 5.41) is 1.34. The lowest BCUT2D eigenvalue weighted by Crippen LogP contribution is -2.40. The van der Waals surface area contributed by atoms with E-state index in [-0.39, 0.29) is 16.7 Å². The molecule has 1 aliphatic rings. The number of carbonyl (C=O) groups excluding carboxylic acids is 1. The molecule has 1 aromatic heterocycles. The van der Waals surface area contributed by atoms with Crippen molar-refractivity contribution in [2.24, 2.45) is 0 Å². The molecular formula is C22H21Cl2N3O2S. The molecule has 30 heavy (non-hydrogen) atoms. The number of benzene rings is 2. The van der Waals surface area contributed by atoms with Gasteiger partial charge in [0.05, 0.1) is 31.9 Å². The van der Waals surface area contributed by atoms with Crippen LogP contribution in [0.15, 0.2) is 52.4 Å². The van der Waals surface area contributed by atoms with Gasteiger partial charge in [0.2, 0.25) is 5.91 Å². The number of piperidine rings is 1. The molecule has 1 fully saturated rings. The van der Waals surface area contributed by atoms with E-state index in [1.807, 2.05) is 17.9 Å². The average Bonchev–Trinajstić information content (AvgIpc) is 2.76. The number of carbonyl (C=O) groups is 1. The van der Waals surface area contributed by atoms with Crippen LogP contribution in [-0.2, 0) is 4.79 Å². The molecule has 0 spiro atoms. The summed E-state index contributed by atoms with van der Waals surface area (Å²) in [5.41, 5.74) is 0.950. The number of nitrogens with zero attached hydrogens (tertiary/aromatic N) is 3. The summed E-state index contributed by atoms with van der Waals surface area (Å²) in [6.07, 6.45) is 3.23. The molecule has 1 amide bonds. The van der Waals surface area contributed by atoms with Crippen molar-refractivity contribution in [1.29, 1.82) is 0 Å². The standard InChI is InChI=1S/C22H21Cl2N3O2S/c1-14(20(28)26-11-5-2-6-12-26)30-22-25-19-8-4-3-7-16(19)21(29)27(22)15-9-10-17(23)18(24)13-15/h3-4,7-10,13-14H,2,5-6,11-12H2,1H3. The van der Waals surface area contributed by atoms with Gasteiger partial charge >= 0.3 is 0 Å². The molecule has 1 atom stereocenters. The van der Waals surface area contributed by atoms with Crippen molar-refractivity contribution in [2.75, 3.05) is 13.1 Å². The van der Waals surface area contributed by atoms with Gasteiger partial charge in [-0.1, -0.05) is 47.1 Å². The van der Waals surface area contributed by atoms with E-state index in [1.165, 1.54) is 16.3 Å². The molecule has 0 aliphatic carbocycles. The SMILES string of the molecule is CC(Sc1nc2ccccc2c(=O)n1-c1ccc(Cl)c(Cl)c1)C(=O)N1CCCCC1. The molecule has 3 aromatic rings. The Kier molecular flexibility index (Phi) is 6.37. The van der Waals surface area contributed by atoms with Gasteiger partial charge in [-0.05, 0) is 56.5 Å². The molecular weight excluding hydrogens is 441 g/mol. The second-order valence-corrected chi connectivity index (χ2v) is 9.42. The zero-order valence-corrected chi connectivity index (χ0v) is 18.8. The first-order valence-electron chi connectivity index (χ1n) is 9.88. The minimum absolute atomic E-state index is 0.0720. The lowest BCUT2D eigenvalue weighted by molar-refractivity contribution is -0.131. The van der Waals surface area contributed by atoms with Crippen LogP contribution < -0.4 is 5.56 Å². The number of hydrogen-bond donors (Lipinski definition) is 0. The molecule has 8 heteroatoms. The highest BCUT2D eigenvalue weighted by Gasteiger charge is 2.25. The summed E-state index contributed by atoms with van der Waals surface area (Å²) in [6.45, 7) is 3.44.